The summed E-state index contributed by atoms with van der Waals surface area (Å²) in [4.78, 5) is 11.2. The topological polar surface area (TPSA) is 99.2 Å². The summed E-state index contributed by atoms with van der Waals surface area (Å²) >= 11 is 6.20. The molecule has 0 fully saturated rings. The zero-order valence-electron chi connectivity index (χ0n) is 17.6. The second kappa shape index (κ2) is 9.91. The molecule has 0 saturated carbocycles. The SMILES string of the molecule is CCN1CCc2ccc(Nc3ncc(Cl)c(NCC(C)NS(C)(=O)=O)n3)cc2CC1. The number of nitrogens with zero attached hydrogens (tertiary/aromatic N) is 3. The maximum Gasteiger partial charge on any atom is 0.229 e. The number of likely N-dealkylation sites (N-methyl/N-ethyl adjacent to an activating group) is 1. The Hall–Kier alpha value is -1.94. The van der Waals surface area contributed by atoms with Crippen LogP contribution in [0.2, 0.25) is 5.02 Å². The van der Waals surface area contributed by atoms with Crippen LogP contribution in [-0.4, -0.2) is 61.8 Å². The molecule has 1 atom stereocenters. The van der Waals surface area contributed by atoms with Gasteiger partial charge in [-0.15, -0.1) is 0 Å². The van der Waals surface area contributed by atoms with Gasteiger partial charge in [-0.05, 0) is 49.6 Å². The van der Waals surface area contributed by atoms with E-state index in [0.717, 1.165) is 44.4 Å². The minimum atomic E-state index is -3.27. The zero-order valence-corrected chi connectivity index (χ0v) is 19.1. The molecule has 1 aliphatic rings. The highest BCUT2D eigenvalue weighted by molar-refractivity contribution is 7.88. The van der Waals surface area contributed by atoms with Crippen molar-refractivity contribution >= 4 is 39.1 Å². The van der Waals surface area contributed by atoms with E-state index < -0.39 is 10.0 Å². The maximum atomic E-state index is 11.3. The molecule has 1 unspecified atom stereocenters. The molecule has 1 aromatic heterocycles. The molecular formula is C20H29ClN6O2S. The summed E-state index contributed by atoms with van der Waals surface area (Å²) in [7, 11) is -3.27. The zero-order chi connectivity index (χ0) is 21.7. The van der Waals surface area contributed by atoms with Crippen molar-refractivity contribution < 1.29 is 8.42 Å². The number of aromatic nitrogens is 2. The number of hydrogen-bond acceptors (Lipinski definition) is 7. The molecule has 8 nitrogen and oxygen atoms in total. The molecule has 164 valence electrons. The van der Waals surface area contributed by atoms with Crippen LogP contribution in [0.1, 0.15) is 25.0 Å². The quantitative estimate of drug-likeness (QED) is 0.566. The maximum absolute atomic E-state index is 11.3. The van der Waals surface area contributed by atoms with E-state index >= 15 is 0 Å². The normalized spacial score (nSPS) is 15.9. The fourth-order valence-corrected chi connectivity index (χ4v) is 4.47. The van der Waals surface area contributed by atoms with Crippen LogP contribution in [0.15, 0.2) is 24.4 Å². The van der Waals surface area contributed by atoms with E-state index in [1.54, 1.807) is 6.92 Å². The number of rotatable bonds is 8. The number of sulfonamides is 1. The number of fused-ring (bicyclic) bond motifs is 1. The molecule has 2 aromatic rings. The van der Waals surface area contributed by atoms with Crippen molar-refractivity contribution in [1.82, 2.24) is 19.6 Å². The van der Waals surface area contributed by atoms with Crippen LogP contribution in [0.5, 0.6) is 0 Å². The van der Waals surface area contributed by atoms with E-state index in [-0.39, 0.29) is 6.04 Å². The third-order valence-corrected chi connectivity index (χ3v) is 6.15. The Labute approximate surface area is 183 Å². The van der Waals surface area contributed by atoms with Crippen molar-refractivity contribution in [2.45, 2.75) is 32.7 Å². The molecule has 3 N–H and O–H groups in total. The molecule has 0 spiro atoms. The first-order chi connectivity index (χ1) is 14.2. The average Bonchev–Trinajstić information content (AvgIpc) is 2.89. The molecule has 2 heterocycles. The Balaban J connectivity index is 1.68. The van der Waals surface area contributed by atoms with Crippen molar-refractivity contribution in [3.8, 4) is 0 Å². The molecule has 1 aromatic carbocycles. The number of nitrogens with one attached hydrogen (secondary N) is 3. The second-order valence-corrected chi connectivity index (χ2v) is 9.79. The predicted octanol–water partition coefficient (Wildman–Crippen LogP) is 2.64. The third-order valence-electron chi connectivity index (χ3n) is 5.04. The van der Waals surface area contributed by atoms with E-state index in [1.165, 1.54) is 17.3 Å². The number of benzene rings is 1. The molecule has 0 aliphatic carbocycles. The average molecular weight is 453 g/mol. The van der Waals surface area contributed by atoms with Crippen LogP contribution in [0.4, 0.5) is 17.5 Å². The molecule has 10 heteroatoms. The highest BCUT2D eigenvalue weighted by Gasteiger charge is 2.14. The number of hydrogen-bond donors (Lipinski definition) is 3. The first-order valence-electron chi connectivity index (χ1n) is 10.1. The highest BCUT2D eigenvalue weighted by Crippen LogP contribution is 2.24. The van der Waals surface area contributed by atoms with Gasteiger partial charge in [0.1, 0.15) is 5.02 Å². The van der Waals surface area contributed by atoms with E-state index in [2.05, 4.69) is 49.3 Å². The Kier molecular flexibility index (Phi) is 7.51. The molecule has 0 bridgehead atoms. The van der Waals surface area contributed by atoms with Gasteiger partial charge in [0, 0.05) is 31.4 Å². The standard InChI is InChI=1S/C20H29ClN6O2S/c1-4-27-9-7-15-5-6-17(11-16(15)8-10-27)24-20-23-13-18(21)19(25-20)22-12-14(2)26-30(3,28)29/h5-6,11,13-14,26H,4,7-10,12H2,1-3H3,(H2,22,23,24,25). The third kappa shape index (κ3) is 6.53. The summed E-state index contributed by atoms with van der Waals surface area (Å²) in [5.41, 5.74) is 3.67. The van der Waals surface area contributed by atoms with Gasteiger partial charge in [0.05, 0.1) is 12.5 Å². The summed E-state index contributed by atoms with van der Waals surface area (Å²) in [5.74, 6) is 0.874. The molecule has 1 aliphatic heterocycles. The van der Waals surface area contributed by atoms with E-state index in [0.29, 0.717) is 23.3 Å². The highest BCUT2D eigenvalue weighted by atomic mass is 35.5. The lowest BCUT2D eigenvalue weighted by molar-refractivity contribution is 0.303. The Morgan fingerprint density at radius 3 is 2.67 bits per heavy atom. The summed E-state index contributed by atoms with van der Waals surface area (Å²) in [6.45, 7) is 7.54. The second-order valence-electron chi connectivity index (χ2n) is 7.60. The van der Waals surface area contributed by atoms with Crippen molar-refractivity contribution in [1.29, 1.82) is 0 Å². The Morgan fingerprint density at radius 2 is 1.97 bits per heavy atom. The Bertz CT molecular complexity index is 985. The lowest BCUT2D eigenvalue weighted by atomic mass is 10.0. The van der Waals surface area contributed by atoms with E-state index in [9.17, 15) is 8.42 Å². The summed E-state index contributed by atoms with van der Waals surface area (Å²) in [6.07, 6.45) is 4.74. The van der Waals surface area contributed by atoms with Crippen molar-refractivity contribution in [2.24, 2.45) is 0 Å². The van der Waals surface area contributed by atoms with Crippen LogP contribution in [0.25, 0.3) is 0 Å². The lowest BCUT2D eigenvalue weighted by Gasteiger charge is -2.16. The molecule has 0 saturated heterocycles. The van der Waals surface area contributed by atoms with Gasteiger partial charge in [-0.1, -0.05) is 24.6 Å². The van der Waals surface area contributed by atoms with Crippen LogP contribution >= 0.6 is 11.6 Å². The van der Waals surface area contributed by atoms with Gasteiger partial charge in [-0.3, -0.25) is 0 Å². The summed E-state index contributed by atoms with van der Waals surface area (Å²) < 4.78 is 25.2. The van der Waals surface area contributed by atoms with E-state index in [4.69, 9.17) is 11.6 Å². The first kappa shape index (κ1) is 22.7. The lowest BCUT2D eigenvalue weighted by Crippen LogP contribution is -2.36. The predicted molar refractivity (Wildman–Crippen MR) is 122 cm³/mol. The van der Waals surface area contributed by atoms with Crippen molar-refractivity contribution in [3.63, 3.8) is 0 Å². The fraction of sp³-hybridized carbons (Fsp3) is 0.500. The molecule has 3 rings (SSSR count). The van der Waals surface area contributed by atoms with E-state index in [1.807, 2.05) is 6.07 Å². The van der Waals surface area contributed by atoms with Gasteiger partial charge in [0.15, 0.2) is 5.82 Å². The molecule has 30 heavy (non-hydrogen) atoms. The smallest absolute Gasteiger partial charge is 0.229 e. The largest absolute Gasteiger partial charge is 0.367 e. The monoisotopic (exact) mass is 452 g/mol. The van der Waals surface area contributed by atoms with Crippen LogP contribution in [0, 0.1) is 0 Å². The molecular weight excluding hydrogens is 424 g/mol. The first-order valence-corrected chi connectivity index (χ1v) is 12.4. The molecule has 0 radical (unpaired) electrons. The summed E-state index contributed by atoms with van der Waals surface area (Å²) in [6, 6.07) is 6.07. The summed E-state index contributed by atoms with van der Waals surface area (Å²) in [5, 5.41) is 6.69. The minimum absolute atomic E-state index is 0.310. The van der Waals surface area contributed by atoms with Crippen molar-refractivity contribution in [3.05, 3.63) is 40.5 Å². The van der Waals surface area contributed by atoms with Gasteiger partial charge in [-0.25, -0.2) is 18.1 Å². The van der Waals surface area contributed by atoms with Crippen molar-refractivity contribution in [2.75, 3.05) is 43.1 Å². The van der Waals surface area contributed by atoms with Gasteiger partial charge < -0.3 is 15.5 Å². The van der Waals surface area contributed by atoms with Crippen LogP contribution in [0.3, 0.4) is 0 Å². The van der Waals surface area contributed by atoms with Gasteiger partial charge in [0.2, 0.25) is 16.0 Å². The van der Waals surface area contributed by atoms with Gasteiger partial charge >= 0.3 is 0 Å². The molecule has 0 amide bonds. The van der Waals surface area contributed by atoms with Crippen LogP contribution < -0.4 is 15.4 Å². The number of anilines is 3. The Morgan fingerprint density at radius 1 is 1.23 bits per heavy atom. The van der Waals surface area contributed by atoms with Gasteiger partial charge in [-0.2, -0.15) is 4.98 Å². The van der Waals surface area contributed by atoms with Gasteiger partial charge in [0.25, 0.3) is 0 Å². The fourth-order valence-electron chi connectivity index (χ4n) is 3.50. The van der Waals surface area contributed by atoms with Crippen LogP contribution in [-0.2, 0) is 22.9 Å². The number of halogens is 1. The minimum Gasteiger partial charge on any atom is -0.367 e.